The van der Waals surface area contributed by atoms with Gasteiger partial charge in [-0.2, -0.15) is 0 Å². The summed E-state index contributed by atoms with van der Waals surface area (Å²) in [7, 11) is 0. The van der Waals surface area contributed by atoms with Crippen LogP contribution < -0.4 is 0 Å². The molecule has 1 atom stereocenters. The van der Waals surface area contributed by atoms with E-state index in [0.29, 0.717) is 6.42 Å². The Kier molecular flexibility index (Phi) is 4.57. The molecule has 0 radical (unpaired) electrons. The lowest BCUT2D eigenvalue weighted by Gasteiger charge is -1.88. The van der Waals surface area contributed by atoms with Gasteiger partial charge in [-0.25, -0.2) is 0 Å². The van der Waals surface area contributed by atoms with Gasteiger partial charge in [0.05, 0.1) is 0 Å². The summed E-state index contributed by atoms with van der Waals surface area (Å²) in [4.78, 5) is 0. The fourth-order valence-electron chi connectivity index (χ4n) is 0.186. The first-order valence-corrected chi connectivity index (χ1v) is 3.23. The summed E-state index contributed by atoms with van der Waals surface area (Å²) in [6.07, 6.45) is 0.580. The van der Waals surface area contributed by atoms with Gasteiger partial charge in [-0.15, -0.1) is 11.8 Å². The molecule has 0 rings (SSSR count). The molecule has 1 unspecified atom stereocenters. The fourth-order valence-corrected chi connectivity index (χ4v) is 0.406. The normalized spacial score (nSPS) is 11.9. The van der Waals surface area contributed by atoms with Crippen molar-refractivity contribution < 1.29 is 5.11 Å². The van der Waals surface area contributed by atoms with Crippen molar-refractivity contribution in [3.63, 3.8) is 0 Å². The minimum absolute atomic E-state index is 0.301. The van der Waals surface area contributed by atoms with Gasteiger partial charge in [0.15, 0.2) is 0 Å². The van der Waals surface area contributed by atoms with Crippen LogP contribution in [0.2, 0.25) is 0 Å². The van der Waals surface area contributed by atoms with Crippen LogP contribution in [0.15, 0.2) is 0 Å². The average Bonchev–Trinajstić information content (AvgIpc) is 1.61. The van der Waals surface area contributed by atoms with Gasteiger partial charge < -0.3 is 5.11 Å². The van der Waals surface area contributed by atoms with E-state index >= 15 is 0 Å². The van der Waals surface area contributed by atoms with E-state index in [-0.39, 0.29) is 4.11 Å². The highest BCUT2D eigenvalue weighted by Gasteiger charge is 1.88. The number of aliphatic hydroxyl groups excluding tert-OH is 1. The molecule has 0 amide bonds. The highest BCUT2D eigenvalue weighted by atomic mass is 127. The second-order valence-corrected chi connectivity index (χ2v) is 2.50. The van der Waals surface area contributed by atoms with Crippen molar-refractivity contribution in [1.82, 2.24) is 0 Å². The smallest absolute Gasteiger partial charge is 0.116 e. The van der Waals surface area contributed by atoms with E-state index in [9.17, 15) is 0 Å². The minimum Gasteiger partial charge on any atom is -0.382 e. The van der Waals surface area contributed by atoms with E-state index in [1.807, 2.05) is 22.6 Å². The first kappa shape index (κ1) is 7.25. The molecule has 0 saturated heterocycles. The summed E-state index contributed by atoms with van der Waals surface area (Å²) in [5.74, 6) is 5.42. The van der Waals surface area contributed by atoms with Crippen LogP contribution in [-0.4, -0.2) is 9.22 Å². The molecular weight excluding hydrogens is 203 g/mol. The first-order chi connectivity index (χ1) is 3.27. The number of hydrogen-bond donors (Lipinski definition) is 1. The fraction of sp³-hybridized carbons (Fsp3) is 0.600. The van der Waals surface area contributed by atoms with Crippen molar-refractivity contribution in [2.75, 3.05) is 0 Å². The Bertz CT molecular complexity index is 88.0. The summed E-state index contributed by atoms with van der Waals surface area (Å²) in [5.41, 5.74) is 0. The molecule has 0 saturated carbocycles. The molecule has 2 heteroatoms. The van der Waals surface area contributed by atoms with Crippen LogP contribution in [-0.2, 0) is 0 Å². The zero-order valence-corrected chi connectivity index (χ0v) is 6.27. The third-order valence-corrected chi connectivity index (χ3v) is 0.888. The molecule has 0 aromatic heterocycles. The van der Waals surface area contributed by atoms with Gasteiger partial charge in [0.1, 0.15) is 4.11 Å². The molecule has 1 nitrogen and oxygen atoms in total. The molecule has 0 aliphatic rings. The lowest BCUT2D eigenvalue weighted by Crippen LogP contribution is -1.89. The molecule has 0 bridgehead atoms. The molecule has 40 valence electrons. The average molecular weight is 210 g/mol. The van der Waals surface area contributed by atoms with Gasteiger partial charge in [-0.1, -0.05) is 22.6 Å². The largest absolute Gasteiger partial charge is 0.382 e. The van der Waals surface area contributed by atoms with Gasteiger partial charge in [-0.05, 0) is 6.92 Å². The van der Waals surface area contributed by atoms with Gasteiger partial charge >= 0.3 is 0 Å². The monoisotopic (exact) mass is 210 g/mol. The Morgan fingerprint density at radius 2 is 2.43 bits per heavy atom. The number of halogens is 1. The maximum absolute atomic E-state index is 8.57. The van der Waals surface area contributed by atoms with Crippen LogP contribution in [0.4, 0.5) is 0 Å². The lowest BCUT2D eigenvalue weighted by atomic mass is 10.5. The van der Waals surface area contributed by atoms with Crippen molar-refractivity contribution in [2.45, 2.75) is 17.5 Å². The maximum atomic E-state index is 8.57. The zero-order valence-electron chi connectivity index (χ0n) is 4.11. The van der Waals surface area contributed by atoms with Crippen molar-refractivity contribution in [2.24, 2.45) is 0 Å². The maximum Gasteiger partial charge on any atom is 0.116 e. The highest BCUT2D eigenvalue weighted by molar-refractivity contribution is 14.1. The molecular formula is C5H7IO. The molecule has 0 aliphatic heterocycles. The third kappa shape index (κ3) is 6.25. The van der Waals surface area contributed by atoms with Crippen LogP contribution in [0, 0.1) is 11.8 Å². The van der Waals surface area contributed by atoms with E-state index in [1.54, 1.807) is 6.92 Å². The molecule has 0 heterocycles. The first-order valence-electron chi connectivity index (χ1n) is 1.99. The van der Waals surface area contributed by atoms with E-state index in [2.05, 4.69) is 11.8 Å². The number of aliphatic hydroxyl groups is 1. The van der Waals surface area contributed by atoms with Gasteiger partial charge in [-0.3, -0.25) is 0 Å². The quantitative estimate of drug-likeness (QED) is 0.391. The SMILES string of the molecule is CC#CCC(O)I. The van der Waals surface area contributed by atoms with Crippen LogP contribution in [0.25, 0.3) is 0 Å². The Morgan fingerprint density at radius 1 is 1.86 bits per heavy atom. The number of alkyl halides is 1. The molecule has 0 aliphatic carbocycles. The van der Waals surface area contributed by atoms with Crippen LogP contribution in [0.1, 0.15) is 13.3 Å². The minimum atomic E-state index is -0.301. The summed E-state index contributed by atoms with van der Waals surface area (Å²) in [6, 6.07) is 0. The molecule has 0 spiro atoms. The van der Waals surface area contributed by atoms with Gasteiger partial charge in [0.2, 0.25) is 0 Å². The van der Waals surface area contributed by atoms with Crippen LogP contribution >= 0.6 is 22.6 Å². The van der Waals surface area contributed by atoms with E-state index in [0.717, 1.165) is 0 Å². The van der Waals surface area contributed by atoms with E-state index < -0.39 is 0 Å². The van der Waals surface area contributed by atoms with Crippen molar-refractivity contribution in [1.29, 1.82) is 0 Å². The van der Waals surface area contributed by atoms with Crippen molar-refractivity contribution >= 4 is 22.6 Å². The summed E-state index contributed by atoms with van der Waals surface area (Å²) in [6.45, 7) is 1.76. The highest BCUT2D eigenvalue weighted by Crippen LogP contribution is 1.97. The summed E-state index contributed by atoms with van der Waals surface area (Å²) < 4.78 is -0.301. The Hall–Kier alpha value is 0.250. The molecule has 0 aromatic carbocycles. The lowest BCUT2D eigenvalue weighted by molar-refractivity contribution is 0.285. The number of rotatable bonds is 1. The molecule has 7 heavy (non-hydrogen) atoms. The van der Waals surface area contributed by atoms with E-state index in [1.165, 1.54) is 0 Å². The second kappa shape index (κ2) is 4.41. The molecule has 0 fully saturated rings. The Labute approximate surface area is 57.3 Å². The summed E-state index contributed by atoms with van der Waals surface area (Å²) >= 11 is 1.92. The topological polar surface area (TPSA) is 20.2 Å². The Morgan fingerprint density at radius 3 is 2.57 bits per heavy atom. The zero-order chi connectivity index (χ0) is 5.70. The Balaban J connectivity index is 3.08. The van der Waals surface area contributed by atoms with Crippen LogP contribution in [0.3, 0.4) is 0 Å². The molecule has 0 aromatic rings. The standard InChI is InChI=1S/C5H7IO/c1-2-3-4-5(6)7/h5,7H,4H2,1H3. The van der Waals surface area contributed by atoms with Crippen LogP contribution in [0.5, 0.6) is 0 Å². The van der Waals surface area contributed by atoms with Crippen molar-refractivity contribution in [3.8, 4) is 11.8 Å². The predicted octanol–water partition coefficient (Wildman–Crippen LogP) is 1.15. The van der Waals surface area contributed by atoms with Gasteiger partial charge in [0, 0.05) is 6.42 Å². The molecule has 1 N–H and O–H groups in total. The van der Waals surface area contributed by atoms with Crippen molar-refractivity contribution in [3.05, 3.63) is 0 Å². The summed E-state index contributed by atoms with van der Waals surface area (Å²) in [5, 5.41) is 8.57. The van der Waals surface area contributed by atoms with Gasteiger partial charge in [0.25, 0.3) is 0 Å². The third-order valence-electron chi connectivity index (χ3n) is 0.447. The number of hydrogen-bond acceptors (Lipinski definition) is 1. The second-order valence-electron chi connectivity index (χ2n) is 1.07. The predicted molar refractivity (Wildman–Crippen MR) is 38.1 cm³/mol. The van der Waals surface area contributed by atoms with E-state index in [4.69, 9.17) is 5.11 Å².